The molecule has 2 rings (SSSR count). The topological polar surface area (TPSA) is 29.1 Å². The molecule has 2 aromatic rings. The van der Waals surface area contributed by atoms with Crippen LogP contribution in [0.4, 0.5) is 0 Å². The molecule has 94 valence electrons. The molecular weight excluding hydrogens is 310 g/mol. The van der Waals surface area contributed by atoms with Crippen LogP contribution in [0.2, 0.25) is 0 Å². The predicted octanol–water partition coefficient (Wildman–Crippen LogP) is 4.39. The van der Waals surface area contributed by atoms with Crippen LogP contribution in [0.3, 0.4) is 0 Å². The molecule has 1 atom stereocenters. The van der Waals surface area contributed by atoms with Gasteiger partial charge in [0, 0.05) is 0 Å². The average molecular weight is 324 g/mol. The van der Waals surface area contributed by atoms with Gasteiger partial charge in [-0.05, 0) is 40.0 Å². The van der Waals surface area contributed by atoms with Gasteiger partial charge in [-0.15, -0.1) is 11.3 Å². The lowest BCUT2D eigenvalue weighted by atomic mass is 10.0. The molecule has 0 fully saturated rings. The molecule has 1 unspecified atom stereocenters. The molecule has 1 heterocycles. The van der Waals surface area contributed by atoms with Crippen molar-refractivity contribution < 1.29 is 4.79 Å². The fraction of sp³-hybridized carbons (Fsp3) is 0.214. The lowest BCUT2D eigenvalue weighted by Gasteiger charge is -2.16. The van der Waals surface area contributed by atoms with Crippen molar-refractivity contribution in [2.24, 2.45) is 0 Å². The first-order valence-corrected chi connectivity index (χ1v) is 7.42. The first kappa shape index (κ1) is 13.3. The molecule has 18 heavy (non-hydrogen) atoms. The lowest BCUT2D eigenvalue weighted by Crippen LogP contribution is -2.27. The first-order valence-electron chi connectivity index (χ1n) is 5.82. The Bertz CT molecular complexity index is 524. The number of thiophene rings is 1. The Labute approximate surface area is 119 Å². The summed E-state index contributed by atoms with van der Waals surface area (Å²) in [5.41, 5.74) is 1.14. The van der Waals surface area contributed by atoms with E-state index < -0.39 is 0 Å². The van der Waals surface area contributed by atoms with Gasteiger partial charge in [0.2, 0.25) is 0 Å². The lowest BCUT2D eigenvalue weighted by molar-refractivity contribution is 0.0939. The Kier molecular flexibility index (Phi) is 4.55. The van der Waals surface area contributed by atoms with Gasteiger partial charge in [-0.3, -0.25) is 4.79 Å². The third-order valence-electron chi connectivity index (χ3n) is 2.71. The Morgan fingerprint density at radius 1 is 1.28 bits per heavy atom. The largest absolute Gasteiger partial charge is 0.345 e. The van der Waals surface area contributed by atoms with Crippen LogP contribution in [0.25, 0.3) is 0 Å². The highest BCUT2D eigenvalue weighted by atomic mass is 79.9. The van der Waals surface area contributed by atoms with Gasteiger partial charge in [0.15, 0.2) is 0 Å². The van der Waals surface area contributed by atoms with Crippen molar-refractivity contribution in [2.75, 3.05) is 0 Å². The van der Waals surface area contributed by atoms with Gasteiger partial charge in [0.25, 0.3) is 5.91 Å². The summed E-state index contributed by atoms with van der Waals surface area (Å²) in [6, 6.07) is 13.8. The van der Waals surface area contributed by atoms with Crippen LogP contribution in [0, 0.1) is 0 Å². The molecule has 0 spiro atoms. The summed E-state index contributed by atoms with van der Waals surface area (Å²) < 4.78 is 0.973. The second kappa shape index (κ2) is 6.16. The van der Waals surface area contributed by atoms with Crippen molar-refractivity contribution in [1.82, 2.24) is 5.32 Å². The highest BCUT2D eigenvalue weighted by molar-refractivity contribution is 9.11. The summed E-state index contributed by atoms with van der Waals surface area (Å²) in [4.78, 5) is 12.8. The number of nitrogens with one attached hydrogen (secondary N) is 1. The summed E-state index contributed by atoms with van der Waals surface area (Å²) in [5, 5.41) is 3.06. The number of halogens is 1. The number of rotatable bonds is 4. The minimum absolute atomic E-state index is 0.0126. The van der Waals surface area contributed by atoms with E-state index in [0.717, 1.165) is 20.6 Å². The predicted molar refractivity (Wildman–Crippen MR) is 79.0 cm³/mol. The van der Waals surface area contributed by atoms with Crippen molar-refractivity contribution in [2.45, 2.75) is 19.4 Å². The monoisotopic (exact) mass is 323 g/mol. The fourth-order valence-electron chi connectivity index (χ4n) is 1.77. The van der Waals surface area contributed by atoms with E-state index in [0.29, 0.717) is 0 Å². The zero-order valence-electron chi connectivity index (χ0n) is 10.0. The van der Waals surface area contributed by atoms with E-state index in [1.165, 1.54) is 11.3 Å². The minimum atomic E-state index is -0.0126. The molecule has 0 saturated carbocycles. The van der Waals surface area contributed by atoms with Crippen molar-refractivity contribution in [1.29, 1.82) is 0 Å². The van der Waals surface area contributed by atoms with Crippen LogP contribution >= 0.6 is 27.3 Å². The highest BCUT2D eigenvalue weighted by Crippen LogP contribution is 2.23. The standard InChI is InChI=1S/C14H14BrNOS/c1-2-11(10-6-4-3-5-7-10)16-14(17)12-8-9-13(15)18-12/h3-9,11H,2H2,1H3,(H,16,17). The molecular formula is C14H14BrNOS. The van der Waals surface area contributed by atoms with E-state index in [-0.39, 0.29) is 11.9 Å². The number of amides is 1. The second-order valence-electron chi connectivity index (χ2n) is 3.95. The van der Waals surface area contributed by atoms with Gasteiger partial charge >= 0.3 is 0 Å². The quantitative estimate of drug-likeness (QED) is 0.888. The van der Waals surface area contributed by atoms with Gasteiger partial charge in [-0.2, -0.15) is 0 Å². The Balaban J connectivity index is 2.10. The van der Waals surface area contributed by atoms with Gasteiger partial charge in [0.1, 0.15) is 0 Å². The van der Waals surface area contributed by atoms with Crippen molar-refractivity contribution in [3.05, 3.63) is 56.7 Å². The van der Waals surface area contributed by atoms with Gasteiger partial charge in [0.05, 0.1) is 14.7 Å². The van der Waals surface area contributed by atoms with Gasteiger partial charge < -0.3 is 5.32 Å². The molecule has 0 aliphatic heterocycles. The molecule has 0 bridgehead atoms. The van der Waals surface area contributed by atoms with Gasteiger partial charge in [-0.1, -0.05) is 37.3 Å². The Hall–Kier alpha value is -1.13. The summed E-state index contributed by atoms with van der Waals surface area (Å²) in [6.45, 7) is 2.07. The maximum atomic E-state index is 12.1. The van der Waals surface area contributed by atoms with E-state index in [4.69, 9.17) is 0 Å². The molecule has 1 aromatic heterocycles. The van der Waals surface area contributed by atoms with Crippen LogP contribution < -0.4 is 5.32 Å². The number of carbonyl (C=O) groups is 1. The summed E-state index contributed by atoms with van der Waals surface area (Å²) in [7, 11) is 0. The summed E-state index contributed by atoms with van der Waals surface area (Å²) in [5.74, 6) is -0.0126. The average Bonchev–Trinajstić information content (AvgIpc) is 2.83. The van der Waals surface area contributed by atoms with Crippen LogP contribution in [-0.2, 0) is 0 Å². The number of hydrogen-bond acceptors (Lipinski definition) is 2. The fourth-order valence-corrected chi connectivity index (χ4v) is 3.06. The third-order valence-corrected chi connectivity index (χ3v) is 4.33. The zero-order chi connectivity index (χ0) is 13.0. The molecule has 0 aliphatic carbocycles. The van der Waals surface area contributed by atoms with Crippen LogP contribution in [-0.4, -0.2) is 5.91 Å². The molecule has 0 aliphatic rings. The van der Waals surface area contributed by atoms with Crippen molar-refractivity contribution in [3.8, 4) is 0 Å². The molecule has 1 amide bonds. The Morgan fingerprint density at radius 2 is 2.00 bits per heavy atom. The van der Waals surface area contributed by atoms with E-state index >= 15 is 0 Å². The normalized spacial score (nSPS) is 12.1. The van der Waals surface area contributed by atoms with Gasteiger partial charge in [-0.25, -0.2) is 0 Å². The molecule has 2 nitrogen and oxygen atoms in total. The second-order valence-corrected chi connectivity index (χ2v) is 6.41. The van der Waals surface area contributed by atoms with Crippen LogP contribution in [0.5, 0.6) is 0 Å². The van der Waals surface area contributed by atoms with E-state index in [2.05, 4.69) is 28.2 Å². The zero-order valence-corrected chi connectivity index (χ0v) is 12.4. The summed E-state index contributed by atoms with van der Waals surface area (Å²) in [6.07, 6.45) is 0.877. The molecule has 1 N–H and O–H groups in total. The van der Waals surface area contributed by atoms with E-state index in [1.807, 2.05) is 42.5 Å². The van der Waals surface area contributed by atoms with Crippen molar-refractivity contribution >= 4 is 33.2 Å². The van der Waals surface area contributed by atoms with Crippen LogP contribution in [0.15, 0.2) is 46.3 Å². The number of benzene rings is 1. The molecule has 0 radical (unpaired) electrons. The van der Waals surface area contributed by atoms with E-state index in [9.17, 15) is 4.79 Å². The maximum Gasteiger partial charge on any atom is 0.261 e. The highest BCUT2D eigenvalue weighted by Gasteiger charge is 2.14. The van der Waals surface area contributed by atoms with Crippen LogP contribution in [0.1, 0.15) is 34.6 Å². The summed E-state index contributed by atoms with van der Waals surface area (Å²) >= 11 is 4.82. The smallest absolute Gasteiger partial charge is 0.261 e. The number of carbonyl (C=O) groups excluding carboxylic acids is 1. The van der Waals surface area contributed by atoms with E-state index in [1.54, 1.807) is 0 Å². The SMILES string of the molecule is CCC(NC(=O)c1ccc(Br)s1)c1ccccc1. The minimum Gasteiger partial charge on any atom is -0.345 e. The molecule has 0 saturated heterocycles. The molecule has 4 heteroatoms. The number of hydrogen-bond donors (Lipinski definition) is 1. The first-order chi connectivity index (χ1) is 8.70. The molecule has 1 aromatic carbocycles. The Morgan fingerprint density at radius 3 is 2.56 bits per heavy atom. The third kappa shape index (κ3) is 3.21. The maximum absolute atomic E-state index is 12.1. The van der Waals surface area contributed by atoms with Crippen molar-refractivity contribution in [3.63, 3.8) is 0 Å².